The van der Waals surface area contributed by atoms with Crippen LogP contribution in [0.4, 0.5) is 0 Å². The summed E-state index contributed by atoms with van der Waals surface area (Å²) in [5.41, 5.74) is 0. The number of carbonyl (C=O) groups is 1. The van der Waals surface area contributed by atoms with E-state index in [9.17, 15) is 4.79 Å². The minimum absolute atomic E-state index is 0.341. The van der Waals surface area contributed by atoms with Crippen molar-refractivity contribution in [1.29, 1.82) is 0 Å². The largest absolute Gasteiger partial charge is 0.429 e. The van der Waals surface area contributed by atoms with E-state index in [1.165, 1.54) is 0 Å². The molecule has 0 saturated carbocycles. The monoisotopic (exact) mass is 354 g/mol. The van der Waals surface area contributed by atoms with Gasteiger partial charge in [-0.1, -0.05) is 0 Å². The molecule has 0 unspecified atom stereocenters. The van der Waals surface area contributed by atoms with E-state index in [0.717, 1.165) is 0 Å². The van der Waals surface area contributed by atoms with Crippen LogP contribution in [0.1, 0.15) is 0 Å². The summed E-state index contributed by atoms with van der Waals surface area (Å²) in [7, 11) is 0. The zero-order valence-electron chi connectivity index (χ0n) is 14.2. The first-order chi connectivity index (χ1) is 13.9. The van der Waals surface area contributed by atoms with Crippen LogP contribution >= 0.6 is 0 Å². The summed E-state index contributed by atoms with van der Waals surface area (Å²) in [5.74, 6) is 39.9. The number of hydrogen-bond donors (Lipinski definition) is 0. The summed E-state index contributed by atoms with van der Waals surface area (Å²) in [6.45, 7) is 0.341. The molecule has 0 amide bonds. The fourth-order valence-corrected chi connectivity index (χ4v) is 1.19. The van der Waals surface area contributed by atoms with Crippen molar-refractivity contribution in [3.05, 3.63) is 24.3 Å². The Kier molecular flexibility index (Phi) is 11.1. The topological polar surface area (TPSA) is 35.5 Å². The third-order valence-electron chi connectivity index (χ3n) is 2.18. The van der Waals surface area contributed by atoms with E-state index in [1.54, 1.807) is 24.3 Å². The molecule has 0 aliphatic heterocycles. The number of rotatable bonds is 3. The average Bonchev–Trinajstić information content (AvgIpc) is 2.72. The summed E-state index contributed by atoms with van der Waals surface area (Å²) in [6, 6.07) is 6.33. The van der Waals surface area contributed by atoms with Crippen molar-refractivity contribution >= 4 is 6.47 Å². The summed E-state index contributed by atoms with van der Waals surface area (Å²) in [6.07, 6.45) is 7.31. The maximum Gasteiger partial charge on any atom is 0.298 e. The Bertz CT molecular complexity index is 1260. The van der Waals surface area contributed by atoms with Gasteiger partial charge in [0.1, 0.15) is 17.6 Å². The average molecular weight is 354 g/mol. The molecule has 0 spiro atoms. The highest BCUT2D eigenvalue weighted by atomic mass is 16.5. The summed E-state index contributed by atoms with van der Waals surface area (Å²) < 4.78 is 9.77. The molecule has 0 saturated heterocycles. The second-order valence-corrected chi connectivity index (χ2v) is 3.91. The van der Waals surface area contributed by atoms with Gasteiger partial charge in [-0.3, -0.25) is 4.79 Å². The van der Waals surface area contributed by atoms with Crippen LogP contribution in [0.25, 0.3) is 0 Å². The number of hydrogen-bond acceptors (Lipinski definition) is 3. The molecular weight excluding hydrogens is 348 g/mol. The molecule has 0 aliphatic carbocycles. The highest BCUT2D eigenvalue weighted by Crippen LogP contribution is 2.16. The normalized spacial score (nSPS) is 5.82. The van der Waals surface area contributed by atoms with Gasteiger partial charge in [-0.2, -0.15) is 0 Å². The molecule has 0 atom stereocenters. The van der Waals surface area contributed by atoms with E-state index in [-0.39, 0.29) is 0 Å². The maximum absolute atomic E-state index is 10.2. The molecule has 0 fully saturated rings. The van der Waals surface area contributed by atoms with Gasteiger partial charge in [-0.15, -0.1) is 6.42 Å². The van der Waals surface area contributed by atoms with E-state index < -0.39 is 0 Å². The third-order valence-corrected chi connectivity index (χ3v) is 2.18. The van der Waals surface area contributed by atoms with Crippen molar-refractivity contribution in [3.63, 3.8) is 0 Å². The summed E-state index contributed by atoms with van der Waals surface area (Å²) >= 11 is 0. The van der Waals surface area contributed by atoms with Crippen LogP contribution < -0.4 is 9.47 Å². The van der Waals surface area contributed by atoms with Gasteiger partial charge in [0, 0.05) is 47.4 Å². The molecule has 0 heterocycles. The molecule has 1 rings (SSSR count). The fraction of sp³-hybridized carbons (Fsp3) is 0. The zero-order chi connectivity index (χ0) is 20.1. The van der Waals surface area contributed by atoms with Crippen LogP contribution in [0, 0.1) is 107 Å². The molecular formula is C25H6O3. The summed E-state index contributed by atoms with van der Waals surface area (Å²) in [4.78, 5) is 10.2. The van der Waals surface area contributed by atoms with Crippen molar-refractivity contribution in [2.24, 2.45) is 0 Å². The first-order valence-electron chi connectivity index (χ1n) is 7.19. The van der Waals surface area contributed by atoms with Gasteiger partial charge >= 0.3 is 0 Å². The predicted molar refractivity (Wildman–Crippen MR) is 105 cm³/mol. The Morgan fingerprint density at radius 2 is 1.00 bits per heavy atom. The molecule has 0 bridgehead atoms. The molecule has 1 aromatic carbocycles. The molecule has 124 valence electrons. The van der Waals surface area contributed by atoms with Gasteiger partial charge in [-0.05, 0) is 71.6 Å². The van der Waals surface area contributed by atoms with E-state index >= 15 is 0 Å². The number of benzene rings is 1. The molecule has 0 aliphatic rings. The molecule has 1 aromatic rings. The number of ether oxygens (including phenoxy) is 2. The van der Waals surface area contributed by atoms with E-state index in [2.05, 4.69) is 106 Å². The Balaban J connectivity index is 2.43. The van der Waals surface area contributed by atoms with Crippen molar-refractivity contribution in [3.8, 4) is 119 Å². The fourth-order valence-electron chi connectivity index (χ4n) is 1.19. The van der Waals surface area contributed by atoms with Gasteiger partial charge in [0.25, 0.3) is 6.47 Å². The van der Waals surface area contributed by atoms with Gasteiger partial charge < -0.3 is 9.47 Å². The third kappa shape index (κ3) is 11.1. The van der Waals surface area contributed by atoms with Crippen LogP contribution in [0.15, 0.2) is 24.3 Å². The standard InChI is InChI=1S/C25H6O3/c1-2-3-4-5-6-7-8-9-10-11-12-13-14-15-16-17-22-27-24-18-20-25(21-19-24)28-23-26/h1,18-21,23H. The Morgan fingerprint density at radius 3 is 1.43 bits per heavy atom. The molecule has 0 radical (unpaired) electrons. The van der Waals surface area contributed by atoms with E-state index in [1.807, 2.05) is 0 Å². The van der Waals surface area contributed by atoms with Gasteiger partial charge in [0.15, 0.2) is 0 Å². The lowest BCUT2D eigenvalue weighted by molar-refractivity contribution is -0.120. The first-order valence-corrected chi connectivity index (χ1v) is 7.19. The van der Waals surface area contributed by atoms with Crippen LogP contribution in [0.2, 0.25) is 0 Å². The number of carbonyl (C=O) groups excluding carboxylic acids is 1. The number of terminal acetylenes is 1. The van der Waals surface area contributed by atoms with Gasteiger partial charge in [-0.25, -0.2) is 0 Å². The molecule has 3 nitrogen and oxygen atoms in total. The van der Waals surface area contributed by atoms with Crippen LogP contribution in [-0.2, 0) is 4.79 Å². The minimum atomic E-state index is 0.341. The van der Waals surface area contributed by atoms with Crippen LogP contribution in [-0.4, -0.2) is 6.47 Å². The zero-order valence-corrected chi connectivity index (χ0v) is 14.2. The van der Waals surface area contributed by atoms with Gasteiger partial charge in [0.05, 0.1) is 0 Å². The first kappa shape index (κ1) is 20.6. The predicted octanol–water partition coefficient (Wildman–Crippen LogP) is 1.22. The summed E-state index contributed by atoms with van der Waals surface area (Å²) in [5, 5.41) is 0. The van der Waals surface area contributed by atoms with Crippen molar-refractivity contribution < 1.29 is 14.3 Å². The quantitative estimate of drug-likeness (QED) is 0.605. The second-order valence-electron chi connectivity index (χ2n) is 3.91. The highest BCUT2D eigenvalue weighted by molar-refractivity contribution is 5.47. The lowest BCUT2D eigenvalue weighted by Gasteiger charge is -1.98. The van der Waals surface area contributed by atoms with Crippen LogP contribution in [0.3, 0.4) is 0 Å². The smallest absolute Gasteiger partial charge is 0.298 e. The Morgan fingerprint density at radius 1 is 0.607 bits per heavy atom. The van der Waals surface area contributed by atoms with Crippen LogP contribution in [0.5, 0.6) is 11.5 Å². The van der Waals surface area contributed by atoms with E-state index in [4.69, 9.17) is 11.2 Å². The Labute approximate surface area is 164 Å². The minimum Gasteiger partial charge on any atom is -0.429 e. The lowest BCUT2D eigenvalue weighted by atomic mass is 10.3. The van der Waals surface area contributed by atoms with Crippen molar-refractivity contribution in [1.82, 2.24) is 0 Å². The highest BCUT2D eigenvalue weighted by Gasteiger charge is 1.93. The molecule has 0 aromatic heterocycles. The van der Waals surface area contributed by atoms with E-state index in [0.29, 0.717) is 18.0 Å². The lowest BCUT2D eigenvalue weighted by Crippen LogP contribution is -1.88. The molecule has 0 N–H and O–H groups in total. The van der Waals surface area contributed by atoms with Gasteiger partial charge in [0.2, 0.25) is 0 Å². The Hall–Kier alpha value is -5.47. The second kappa shape index (κ2) is 15.1. The van der Waals surface area contributed by atoms with Crippen molar-refractivity contribution in [2.75, 3.05) is 0 Å². The molecule has 3 heteroatoms. The van der Waals surface area contributed by atoms with Crippen molar-refractivity contribution in [2.45, 2.75) is 0 Å². The maximum atomic E-state index is 10.2. The molecule has 28 heavy (non-hydrogen) atoms. The SMILES string of the molecule is C#CC#CC#CC#CC#CC#CC#CC#CC#COc1ccc(OC=O)cc1.